The molecule has 0 saturated heterocycles. The second kappa shape index (κ2) is 7.13. The number of rotatable bonds is 4. The summed E-state index contributed by atoms with van der Waals surface area (Å²) >= 11 is 1.26. The van der Waals surface area contributed by atoms with E-state index in [1.165, 1.54) is 11.3 Å². The van der Waals surface area contributed by atoms with Crippen molar-refractivity contribution < 1.29 is 18.7 Å². The fourth-order valence-electron chi connectivity index (χ4n) is 2.57. The Labute approximate surface area is 153 Å². The van der Waals surface area contributed by atoms with Gasteiger partial charge in [-0.25, -0.2) is 4.79 Å². The van der Waals surface area contributed by atoms with Crippen LogP contribution in [0, 0.1) is 13.8 Å². The maximum atomic E-state index is 12.6. The minimum Gasteiger partial charge on any atom is -0.463 e. The number of esters is 1. The minimum absolute atomic E-state index is 0.123. The Balaban J connectivity index is 1.99. The molecule has 0 aliphatic heterocycles. The molecule has 1 amide bonds. The number of thiophene rings is 1. The molecule has 0 aliphatic rings. The third-order valence-electron chi connectivity index (χ3n) is 4.02. The van der Waals surface area contributed by atoms with E-state index in [1.54, 1.807) is 38.1 Å². The summed E-state index contributed by atoms with van der Waals surface area (Å²) in [5, 5.41) is 3.33. The molecule has 0 unspecified atom stereocenters. The van der Waals surface area contributed by atoms with E-state index in [4.69, 9.17) is 9.15 Å². The van der Waals surface area contributed by atoms with Crippen molar-refractivity contribution in [3.8, 4) is 0 Å². The summed E-state index contributed by atoms with van der Waals surface area (Å²) in [5.41, 5.74) is 0.917. The molecule has 1 aromatic carbocycles. The molecule has 7 heteroatoms. The summed E-state index contributed by atoms with van der Waals surface area (Å²) < 4.78 is 10.4. The maximum absolute atomic E-state index is 12.6. The average molecular weight is 371 g/mol. The Morgan fingerprint density at radius 2 is 1.96 bits per heavy atom. The van der Waals surface area contributed by atoms with Crippen LogP contribution in [-0.4, -0.2) is 18.5 Å². The fourth-order valence-corrected chi connectivity index (χ4v) is 3.61. The first-order chi connectivity index (χ1) is 12.4. The maximum Gasteiger partial charge on any atom is 0.341 e. The first kappa shape index (κ1) is 17.9. The zero-order chi connectivity index (χ0) is 18.8. The molecule has 3 rings (SSSR count). The predicted octanol–water partition coefficient (Wildman–Crippen LogP) is 3.90. The number of carbonyl (C=O) groups excluding carboxylic acids is 2. The molecule has 2 heterocycles. The van der Waals surface area contributed by atoms with Crippen LogP contribution in [0.3, 0.4) is 0 Å². The average Bonchev–Trinajstić information content (AvgIpc) is 2.89. The Hall–Kier alpha value is -2.93. The van der Waals surface area contributed by atoms with Crippen molar-refractivity contribution in [2.24, 2.45) is 0 Å². The van der Waals surface area contributed by atoms with Gasteiger partial charge in [0.1, 0.15) is 22.4 Å². The zero-order valence-electron chi connectivity index (χ0n) is 14.5. The molecule has 1 N–H and O–H groups in total. The van der Waals surface area contributed by atoms with Gasteiger partial charge in [0.05, 0.1) is 17.6 Å². The number of amides is 1. The highest BCUT2D eigenvalue weighted by Crippen LogP contribution is 2.33. The number of anilines is 1. The van der Waals surface area contributed by atoms with Crippen LogP contribution >= 0.6 is 11.3 Å². The van der Waals surface area contributed by atoms with Gasteiger partial charge in [-0.2, -0.15) is 0 Å². The standard InChI is InChI=1S/C19H17NO5S/c1-4-24-19(23)15-10(2)11(3)26-18(15)20-17(22)13-9-25-14-8-6-5-7-12(14)16(13)21/h5-9H,4H2,1-3H3,(H,20,22). The Morgan fingerprint density at radius 1 is 1.23 bits per heavy atom. The lowest BCUT2D eigenvalue weighted by molar-refractivity contribution is 0.0527. The summed E-state index contributed by atoms with van der Waals surface area (Å²) in [6.07, 6.45) is 1.14. The molecule has 0 saturated carbocycles. The molecule has 134 valence electrons. The highest BCUT2D eigenvalue weighted by molar-refractivity contribution is 7.16. The molecule has 0 atom stereocenters. The number of hydrogen-bond acceptors (Lipinski definition) is 6. The van der Waals surface area contributed by atoms with Crippen molar-refractivity contribution in [1.82, 2.24) is 0 Å². The van der Waals surface area contributed by atoms with Gasteiger partial charge < -0.3 is 14.5 Å². The van der Waals surface area contributed by atoms with Gasteiger partial charge in [0, 0.05) is 4.88 Å². The number of benzene rings is 1. The van der Waals surface area contributed by atoms with Gasteiger partial charge >= 0.3 is 5.97 Å². The third-order valence-corrected chi connectivity index (χ3v) is 5.14. The van der Waals surface area contributed by atoms with Crippen LogP contribution in [0.15, 0.2) is 39.7 Å². The molecular weight excluding hydrogens is 354 g/mol. The van der Waals surface area contributed by atoms with E-state index in [0.29, 0.717) is 21.5 Å². The van der Waals surface area contributed by atoms with Gasteiger partial charge in [0.2, 0.25) is 5.43 Å². The number of hydrogen-bond donors (Lipinski definition) is 1. The lowest BCUT2D eigenvalue weighted by atomic mass is 10.1. The Kier molecular flexibility index (Phi) is 4.90. The van der Waals surface area contributed by atoms with Crippen LogP contribution in [-0.2, 0) is 4.74 Å². The lowest BCUT2D eigenvalue weighted by Crippen LogP contribution is -2.22. The first-order valence-corrected chi connectivity index (χ1v) is 8.84. The molecule has 6 nitrogen and oxygen atoms in total. The van der Waals surface area contributed by atoms with Crippen LogP contribution in [0.2, 0.25) is 0 Å². The Morgan fingerprint density at radius 3 is 2.69 bits per heavy atom. The highest BCUT2D eigenvalue weighted by atomic mass is 32.1. The van der Waals surface area contributed by atoms with Crippen LogP contribution in [0.25, 0.3) is 11.0 Å². The number of nitrogens with one attached hydrogen (secondary N) is 1. The molecule has 2 aromatic heterocycles. The van der Waals surface area contributed by atoms with Gasteiger partial charge in [0.25, 0.3) is 5.91 Å². The molecule has 0 bridgehead atoms. The smallest absolute Gasteiger partial charge is 0.341 e. The van der Waals surface area contributed by atoms with Crippen molar-refractivity contribution in [3.05, 3.63) is 62.3 Å². The fraction of sp³-hybridized carbons (Fsp3) is 0.211. The van der Waals surface area contributed by atoms with Crippen LogP contribution < -0.4 is 10.7 Å². The molecular formula is C19H17NO5S. The second-order valence-electron chi connectivity index (χ2n) is 5.64. The monoisotopic (exact) mass is 371 g/mol. The SMILES string of the molecule is CCOC(=O)c1c(NC(=O)c2coc3ccccc3c2=O)sc(C)c1C. The summed E-state index contributed by atoms with van der Waals surface area (Å²) in [6.45, 7) is 5.58. The quantitative estimate of drug-likeness (QED) is 0.703. The number of para-hydroxylation sites is 1. The van der Waals surface area contributed by atoms with E-state index < -0.39 is 17.3 Å². The molecule has 0 spiro atoms. The third kappa shape index (κ3) is 3.13. The molecule has 0 aliphatic carbocycles. The minimum atomic E-state index is -0.628. The van der Waals surface area contributed by atoms with Crippen molar-refractivity contribution in [3.63, 3.8) is 0 Å². The summed E-state index contributed by atoms with van der Waals surface area (Å²) in [5.74, 6) is -1.13. The predicted molar refractivity (Wildman–Crippen MR) is 100 cm³/mol. The number of aryl methyl sites for hydroxylation is 1. The van der Waals surface area contributed by atoms with E-state index in [0.717, 1.165) is 16.7 Å². The zero-order valence-corrected chi connectivity index (χ0v) is 15.4. The normalized spacial score (nSPS) is 10.7. The summed E-state index contributed by atoms with van der Waals surface area (Å²) in [7, 11) is 0. The molecule has 3 aromatic rings. The highest BCUT2D eigenvalue weighted by Gasteiger charge is 2.23. The summed E-state index contributed by atoms with van der Waals surface area (Å²) in [6, 6.07) is 6.70. The van der Waals surface area contributed by atoms with Crippen molar-refractivity contribution in [2.75, 3.05) is 11.9 Å². The van der Waals surface area contributed by atoms with E-state index in [2.05, 4.69) is 5.32 Å². The second-order valence-corrected chi connectivity index (χ2v) is 6.86. The van der Waals surface area contributed by atoms with Crippen LogP contribution in [0.1, 0.15) is 38.1 Å². The van der Waals surface area contributed by atoms with E-state index in [9.17, 15) is 14.4 Å². The van der Waals surface area contributed by atoms with Crippen molar-refractivity contribution in [1.29, 1.82) is 0 Å². The van der Waals surface area contributed by atoms with Gasteiger partial charge in [-0.3, -0.25) is 9.59 Å². The van der Waals surface area contributed by atoms with Gasteiger partial charge in [-0.1, -0.05) is 12.1 Å². The molecule has 0 radical (unpaired) electrons. The van der Waals surface area contributed by atoms with Gasteiger partial charge in [-0.05, 0) is 38.5 Å². The van der Waals surface area contributed by atoms with Gasteiger partial charge in [-0.15, -0.1) is 11.3 Å². The number of carbonyl (C=O) groups is 2. The van der Waals surface area contributed by atoms with E-state index in [-0.39, 0.29) is 12.2 Å². The van der Waals surface area contributed by atoms with Crippen molar-refractivity contribution >= 4 is 39.2 Å². The number of fused-ring (bicyclic) bond motifs is 1. The summed E-state index contributed by atoms with van der Waals surface area (Å²) in [4.78, 5) is 38.3. The Bertz CT molecular complexity index is 1060. The molecule has 0 fully saturated rings. The van der Waals surface area contributed by atoms with Gasteiger partial charge in [0.15, 0.2) is 0 Å². The van der Waals surface area contributed by atoms with Crippen LogP contribution in [0.4, 0.5) is 5.00 Å². The lowest BCUT2D eigenvalue weighted by Gasteiger charge is -2.07. The van der Waals surface area contributed by atoms with E-state index in [1.807, 2.05) is 6.92 Å². The van der Waals surface area contributed by atoms with E-state index >= 15 is 0 Å². The van der Waals surface area contributed by atoms with Crippen molar-refractivity contribution in [2.45, 2.75) is 20.8 Å². The largest absolute Gasteiger partial charge is 0.463 e. The van der Waals surface area contributed by atoms with Crippen LogP contribution in [0.5, 0.6) is 0 Å². The topological polar surface area (TPSA) is 85.6 Å². The first-order valence-electron chi connectivity index (χ1n) is 8.03. The number of ether oxygens (including phenoxy) is 1. The molecule has 26 heavy (non-hydrogen) atoms.